The minimum atomic E-state index is -1.95. The number of phenols is 2. The lowest BCUT2D eigenvalue weighted by molar-refractivity contribution is -0.172. The molecule has 0 aromatic heterocycles. The highest BCUT2D eigenvalue weighted by atomic mass is 16.6. The van der Waals surface area contributed by atoms with Gasteiger partial charge in [-0.15, -0.1) is 0 Å². The number of carbonyl (C=O) groups is 5. The molecule has 2 aromatic rings. The number of aromatic hydroxyl groups is 2. The van der Waals surface area contributed by atoms with Gasteiger partial charge in [-0.25, -0.2) is 0 Å². The van der Waals surface area contributed by atoms with Gasteiger partial charge in [0.2, 0.25) is 5.60 Å². The summed E-state index contributed by atoms with van der Waals surface area (Å²) in [5, 5.41) is 44.9. The predicted molar refractivity (Wildman–Crippen MR) is 162 cm³/mol. The van der Waals surface area contributed by atoms with Crippen molar-refractivity contribution >= 4 is 35.2 Å². The van der Waals surface area contributed by atoms with Crippen LogP contribution in [0.1, 0.15) is 62.9 Å². The number of hydrogen-bond acceptors (Lipinski definition) is 14. The van der Waals surface area contributed by atoms with E-state index in [1.54, 1.807) is 13.8 Å². The maximum atomic E-state index is 13.7. The third kappa shape index (κ3) is 4.93. The molecule has 3 aliphatic heterocycles. The van der Waals surface area contributed by atoms with Gasteiger partial charge in [-0.3, -0.25) is 24.0 Å². The first kappa shape index (κ1) is 32.8. The number of hydrogen-bond donors (Lipinski definition) is 4. The smallest absolute Gasteiger partial charge is 0.306 e. The van der Waals surface area contributed by atoms with Gasteiger partial charge in [-0.05, 0) is 24.3 Å². The summed E-state index contributed by atoms with van der Waals surface area (Å²) in [6.07, 6.45) is -2.58. The average molecular weight is 667 g/mol. The van der Waals surface area contributed by atoms with Gasteiger partial charge in [-0.1, -0.05) is 13.8 Å². The maximum absolute atomic E-state index is 13.7. The van der Waals surface area contributed by atoms with E-state index in [0.717, 1.165) is 6.92 Å². The van der Waals surface area contributed by atoms with E-state index in [1.165, 1.54) is 31.2 Å². The molecule has 6 rings (SSSR count). The molecule has 0 amide bonds. The number of aliphatic hydroxyl groups is 2. The van der Waals surface area contributed by atoms with E-state index < -0.39 is 95.7 Å². The van der Waals surface area contributed by atoms with Crippen LogP contribution in [-0.2, 0) is 33.4 Å². The summed E-state index contributed by atoms with van der Waals surface area (Å²) in [6, 6.07) is 5.39. The van der Waals surface area contributed by atoms with E-state index in [0.29, 0.717) is 0 Å². The molecular formula is C34H34O14. The number of cyclic esters (lactones) is 1. The second kappa shape index (κ2) is 11.5. The molecule has 1 saturated heterocycles. The van der Waals surface area contributed by atoms with Crippen LogP contribution in [0.5, 0.6) is 23.0 Å². The molecule has 2 aromatic carbocycles. The summed E-state index contributed by atoms with van der Waals surface area (Å²) in [4.78, 5) is 62.8. The Balaban J connectivity index is 1.43. The molecule has 0 spiro atoms. The third-order valence-corrected chi connectivity index (χ3v) is 9.40. The fourth-order valence-corrected chi connectivity index (χ4v) is 7.40. The van der Waals surface area contributed by atoms with Crippen LogP contribution in [0.25, 0.3) is 16.9 Å². The normalized spacial score (nSPS) is 29.1. The molecule has 1 aliphatic carbocycles. The second-order valence-electron chi connectivity index (χ2n) is 12.8. The van der Waals surface area contributed by atoms with Gasteiger partial charge in [-0.2, -0.15) is 0 Å². The van der Waals surface area contributed by atoms with E-state index in [-0.39, 0.29) is 58.1 Å². The van der Waals surface area contributed by atoms with Crippen molar-refractivity contribution in [3.8, 4) is 34.1 Å². The van der Waals surface area contributed by atoms with Crippen molar-refractivity contribution in [3.63, 3.8) is 0 Å². The first-order valence-corrected chi connectivity index (χ1v) is 15.4. The quantitative estimate of drug-likeness (QED) is 0.258. The molecule has 0 unspecified atom stereocenters. The largest absolute Gasteiger partial charge is 0.506 e. The molecule has 254 valence electrons. The molecule has 2 fully saturated rings. The monoisotopic (exact) mass is 666 g/mol. The summed E-state index contributed by atoms with van der Waals surface area (Å²) in [6.45, 7) is 4.49. The standard InChI is InChI=1S/C34H34O14/c1-14-9-20(38)27-30(43)26-23(48-34(27,12-35)32(14)45-17(4)37)8-6-19(29(26)42)18-5-7-22-25(28(18)41)21(39)11-33(47-22,13-44-16(3)36)31-15(2)10-24(40)46-31/h5-8,14-15,31-32,35,41-43H,9-13H2,1-4H3/t14-,15-,31-,32-,33+,34+/m1/s1. The number of carbonyl (C=O) groups excluding carboxylic acids is 5. The summed E-state index contributed by atoms with van der Waals surface area (Å²) >= 11 is 0. The molecule has 0 bridgehead atoms. The summed E-state index contributed by atoms with van der Waals surface area (Å²) in [5.41, 5.74) is -4.54. The number of fused-ring (bicyclic) bond motifs is 3. The third-order valence-electron chi connectivity index (χ3n) is 9.40. The van der Waals surface area contributed by atoms with Crippen molar-refractivity contribution in [1.82, 2.24) is 0 Å². The topological polar surface area (TPSA) is 212 Å². The highest BCUT2D eigenvalue weighted by Crippen LogP contribution is 2.54. The van der Waals surface area contributed by atoms with Crippen molar-refractivity contribution in [2.24, 2.45) is 11.8 Å². The minimum Gasteiger partial charge on any atom is -0.506 e. The zero-order valence-electron chi connectivity index (χ0n) is 26.5. The Morgan fingerprint density at radius 2 is 1.48 bits per heavy atom. The first-order chi connectivity index (χ1) is 22.6. The molecule has 14 heteroatoms. The molecule has 14 nitrogen and oxygen atoms in total. The number of aliphatic hydroxyl groups excluding tert-OH is 2. The van der Waals surface area contributed by atoms with Crippen LogP contribution in [0.4, 0.5) is 0 Å². The van der Waals surface area contributed by atoms with Gasteiger partial charge in [0.1, 0.15) is 52.6 Å². The van der Waals surface area contributed by atoms with Crippen LogP contribution < -0.4 is 9.47 Å². The van der Waals surface area contributed by atoms with Gasteiger partial charge in [0.25, 0.3) is 0 Å². The van der Waals surface area contributed by atoms with Crippen LogP contribution in [0.15, 0.2) is 29.8 Å². The highest BCUT2D eigenvalue weighted by Gasteiger charge is 2.59. The van der Waals surface area contributed by atoms with Crippen molar-refractivity contribution < 1.29 is 68.1 Å². The summed E-state index contributed by atoms with van der Waals surface area (Å²) in [7, 11) is 0. The molecule has 0 radical (unpaired) electrons. The molecule has 4 aliphatic rings. The Morgan fingerprint density at radius 3 is 2.04 bits per heavy atom. The maximum Gasteiger partial charge on any atom is 0.306 e. The van der Waals surface area contributed by atoms with Crippen molar-refractivity contribution in [2.45, 2.75) is 70.4 Å². The second-order valence-corrected chi connectivity index (χ2v) is 12.8. The number of phenolic OH excluding ortho intramolecular Hbond substituents is 2. The van der Waals surface area contributed by atoms with Gasteiger partial charge in [0, 0.05) is 43.2 Å². The fourth-order valence-electron chi connectivity index (χ4n) is 7.40. The number of benzene rings is 2. The highest BCUT2D eigenvalue weighted by molar-refractivity contribution is 6.08. The van der Waals surface area contributed by atoms with E-state index in [1.807, 2.05) is 0 Å². The van der Waals surface area contributed by atoms with Gasteiger partial charge in [0.15, 0.2) is 23.3 Å². The summed E-state index contributed by atoms with van der Waals surface area (Å²) < 4.78 is 28.5. The van der Waals surface area contributed by atoms with E-state index in [4.69, 9.17) is 23.7 Å². The lowest BCUT2D eigenvalue weighted by Gasteiger charge is -2.47. The van der Waals surface area contributed by atoms with Gasteiger partial charge in [0.05, 0.1) is 25.0 Å². The zero-order valence-corrected chi connectivity index (χ0v) is 26.5. The number of rotatable bonds is 6. The van der Waals surface area contributed by atoms with Crippen molar-refractivity contribution in [2.75, 3.05) is 13.2 Å². The van der Waals surface area contributed by atoms with E-state index >= 15 is 0 Å². The first-order valence-electron chi connectivity index (χ1n) is 15.4. The van der Waals surface area contributed by atoms with Gasteiger partial charge >= 0.3 is 17.9 Å². The van der Waals surface area contributed by atoms with Crippen LogP contribution in [0, 0.1) is 11.8 Å². The van der Waals surface area contributed by atoms with Crippen LogP contribution in [0.3, 0.4) is 0 Å². The Hall–Kier alpha value is -5.11. The molecule has 3 heterocycles. The Bertz CT molecular complexity index is 1810. The lowest BCUT2D eigenvalue weighted by Crippen LogP contribution is -2.62. The fraction of sp³-hybridized carbons (Fsp3) is 0.441. The molecule has 6 atom stereocenters. The number of esters is 3. The SMILES string of the molecule is CC(=O)OC[C@]1([C@@H]2OC(=O)C[C@H]2C)CC(=O)c2c(ccc(-c3ccc4c(c3O)C(O)=C3C(=O)C[C@@H](C)[C@@H](OC(C)=O)[C@@]3(CO)O4)c2O)O1. The zero-order chi connectivity index (χ0) is 34.9. The molecule has 1 saturated carbocycles. The van der Waals surface area contributed by atoms with E-state index in [2.05, 4.69) is 0 Å². The van der Waals surface area contributed by atoms with Crippen molar-refractivity contribution in [1.29, 1.82) is 0 Å². The van der Waals surface area contributed by atoms with Crippen LogP contribution in [-0.4, -0.2) is 86.5 Å². The van der Waals surface area contributed by atoms with E-state index in [9.17, 15) is 44.4 Å². The molecule has 48 heavy (non-hydrogen) atoms. The lowest BCUT2D eigenvalue weighted by atomic mass is 9.69. The minimum absolute atomic E-state index is 0.0441. The average Bonchev–Trinajstić information content (AvgIpc) is 3.36. The molecule has 4 N–H and O–H groups in total. The Morgan fingerprint density at radius 1 is 0.854 bits per heavy atom. The van der Waals surface area contributed by atoms with Gasteiger partial charge < -0.3 is 44.1 Å². The predicted octanol–water partition coefficient (Wildman–Crippen LogP) is 2.92. The van der Waals surface area contributed by atoms with Crippen LogP contribution >= 0.6 is 0 Å². The number of ketones is 2. The Kier molecular flexibility index (Phi) is 7.89. The number of ether oxygens (including phenoxy) is 5. The summed E-state index contributed by atoms with van der Waals surface area (Å²) in [5.74, 6) is -6.10. The van der Waals surface area contributed by atoms with Crippen molar-refractivity contribution in [3.05, 3.63) is 41.0 Å². The Labute approximate surface area is 273 Å². The molecular weight excluding hydrogens is 632 g/mol. The van der Waals surface area contributed by atoms with Crippen LogP contribution in [0.2, 0.25) is 0 Å². The number of Topliss-reactive ketones (excluding diaryl/α,β-unsaturated/α-hetero) is 2.